The van der Waals surface area contributed by atoms with Crippen LogP contribution in [0.1, 0.15) is 26.7 Å². The molecular formula is C18H24P+. The molecule has 0 aliphatic heterocycles. The summed E-state index contributed by atoms with van der Waals surface area (Å²) in [7, 11) is -1.20. The normalized spacial score (nSPS) is 11.5. The van der Waals surface area contributed by atoms with Crippen molar-refractivity contribution in [3.05, 3.63) is 60.7 Å². The van der Waals surface area contributed by atoms with E-state index < -0.39 is 7.26 Å². The second kappa shape index (κ2) is 6.87. The number of benzene rings is 2. The molecular weight excluding hydrogens is 247 g/mol. The number of unbranched alkanes of at least 4 members (excludes halogenated alkanes) is 1. The lowest BCUT2D eigenvalue weighted by molar-refractivity contribution is 0.889. The summed E-state index contributed by atoms with van der Waals surface area (Å²) in [4.78, 5) is 0. The highest BCUT2D eigenvalue weighted by molar-refractivity contribution is 7.89. The minimum absolute atomic E-state index is 1.20. The molecule has 2 aromatic rings. The highest BCUT2D eigenvalue weighted by Gasteiger charge is 2.39. The molecule has 0 aliphatic carbocycles. The SMILES string of the molecule is CCCC[P+](CC)(c1ccccc1)c1ccccc1. The Balaban J connectivity index is 2.48. The van der Waals surface area contributed by atoms with Crippen LogP contribution in [-0.2, 0) is 0 Å². The van der Waals surface area contributed by atoms with Gasteiger partial charge in [-0.1, -0.05) is 49.7 Å². The van der Waals surface area contributed by atoms with Crippen molar-refractivity contribution in [2.45, 2.75) is 26.7 Å². The van der Waals surface area contributed by atoms with Crippen LogP contribution in [0.5, 0.6) is 0 Å². The van der Waals surface area contributed by atoms with Gasteiger partial charge in [0.25, 0.3) is 0 Å². The van der Waals surface area contributed by atoms with Gasteiger partial charge in [-0.2, -0.15) is 0 Å². The molecule has 0 amide bonds. The average Bonchev–Trinajstić information content (AvgIpc) is 2.51. The minimum Gasteiger partial charge on any atom is -0.0652 e. The molecule has 0 atom stereocenters. The Morgan fingerprint density at radius 1 is 0.737 bits per heavy atom. The first-order valence-corrected chi connectivity index (χ1v) is 9.47. The van der Waals surface area contributed by atoms with Gasteiger partial charge >= 0.3 is 0 Å². The third-order valence-electron chi connectivity index (χ3n) is 3.93. The smallest absolute Gasteiger partial charge is 0.0652 e. The standard InChI is InChI=1S/C18H24P/c1-3-5-16-19(4-2,17-12-8-6-9-13-17)18-14-10-7-11-15-18/h6-15H,3-5,16H2,1-2H3/q+1. The van der Waals surface area contributed by atoms with Gasteiger partial charge in [-0.05, 0) is 37.6 Å². The highest BCUT2D eigenvalue weighted by atomic mass is 31.2. The topological polar surface area (TPSA) is 0 Å². The van der Waals surface area contributed by atoms with E-state index in [1.165, 1.54) is 25.2 Å². The summed E-state index contributed by atoms with van der Waals surface area (Å²) >= 11 is 0. The van der Waals surface area contributed by atoms with E-state index in [1.807, 2.05) is 0 Å². The fraction of sp³-hybridized carbons (Fsp3) is 0.333. The molecule has 0 saturated carbocycles. The van der Waals surface area contributed by atoms with E-state index >= 15 is 0 Å². The molecule has 19 heavy (non-hydrogen) atoms. The molecule has 0 aliphatic rings. The zero-order valence-electron chi connectivity index (χ0n) is 12.0. The summed E-state index contributed by atoms with van der Waals surface area (Å²) in [5, 5.41) is 3.13. The quantitative estimate of drug-likeness (QED) is 0.680. The maximum absolute atomic E-state index is 2.36. The third kappa shape index (κ3) is 3.07. The Hall–Kier alpha value is -1.13. The molecule has 0 aromatic heterocycles. The van der Waals surface area contributed by atoms with Crippen molar-refractivity contribution >= 4 is 17.9 Å². The van der Waals surface area contributed by atoms with E-state index in [0.717, 1.165) is 0 Å². The molecule has 0 bridgehead atoms. The van der Waals surface area contributed by atoms with Crippen molar-refractivity contribution in [2.24, 2.45) is 0 Å². The van der Waals surface area contributed by atoms with Crippen molar-refractivity contribution in [1.82, 2.24) is 0 Å². The van der Waals surface area contributed by atoms with Gasteiger partial charge in [0, 0.05) is 0 Å². The maximum Gasteiger partial charge on any atom is 0.0991 e. The summed E-state index contributed by atoms with van der Waals surface area (Å²) in [5.41, 5.74) is 0. The monoisotopic (exact) mass is 271 g/mol. The van der Waals surface area contributed by atoms with E-state index in [9.17, 15) is 0 Å². The molecule has 0 fully saturated rings. The Bertz CT molecular complexity index is 436. The molecule has 0 spiro atoms. The van der Waals surface area contributed by atoms with Crippen LogP contribution in [0.15, 0.2) is 60.7 Å². The first-order chi connectivity index (χ1) is 9.33. The van der Waals surface area contributed by atoms with Crippen LogP contribution in [0.4, 0.5) is 0 Å². The van der Waals surface area contributed by atoms with Crippen LogP contribution < -0.4 is 10.6 Å². The first kappa shape index (κ1) is 14.3. The molecule has 2 aromatic carbocycles. The molecule has 1 heteroatoms. The van der Waals surface area contributed by atoms with Gasteiger partial charge in [-0.25, -0.2) is 0 Å². The number of hydrogen-bond acceptors (Lipinski definition) is 0. The van der Waals surface area contributed by atoms with Crippen molar-refractivity contribution in [3.63, 3.8) is 0 Å². The largest absolute Gasteiger partial charge is 0.0991 e. The number of rotatable bonds is 6. The average molecular weight is 271 g/mol. The lowest BCUT2D eigenvalue weighted by atomic mass is 10.4. The van der Waals surface area contributed by atoms with Gasteiger partial charge in [0.1, 0.15) is 0 Å². The lowest BCUT2D eigenvalue weighted by Gasteiger charge is -2.26. The summed E-state index contributed by atoms with van der Waals surface area (Å²) in [6.45, 7) is 4.66. The van der Waals surface area contributed by atoms with E-state index in [1.54, 1.807) is 10.6 Å². The summed E-state index contributed by atoms with van der Waals surface area (Å²) in [5.74, 6) is 0. The summed E-state index contributed by atoms with van der Waals surface area (Å²) in [6.07, 6.45) is 5.21. The van der Waals surface area contributed by atoms with E-state index in [4.69, 9.17) is 0 Å². The van der Waals surface area contributed by atoms with Gasteiger partial charge < -0.3 is 0 Å². The van der Waals surface area contributed by atoms with Crippen molar-refractivity contribution < 1.29 is 0 Å². The molecule has 0 N–H and O–H groups in total. The van der Waals surface area contributed by atoms with Crippen molar-refractivity contribution in [2.75, 3.05) is 12.3 Å². The third-order valence-corrected chi connectivity index (χ3v) is 8.67. The highest BCUT2D eigenvalue weighted by Crippen LogP contribution is 2.56. The van der Waals surface area contributed by atoms with Gasteiger partial charge in [0.2, 0.25) is 0 Å². The lowest BCUT2D eigenvalue weighted by Crippen LogP contribution is -2.26. The minimum atomic E-state index is -1.20. The molecule has 2 rings (SSSR count). The molecule has 0 unspecified atom stereocenters. The fourth-order valence-corrected chi connectivity index (χ4v) is 6.99. The summed E-state index contributed by atoms with van der Waals surface area (Å²) < 4.78 is 0. The fourth-order valence-electron chi connectivity index (χ4n) is 2.79. The second-order valence-corrected chi connectivity index (χ2v) is 9.08. The predicted molar refractivity (Wildman–Crippen MR) is 89.4 cm³/mol. The second-order valence-electron chi connectivity index (χ2n) is 5.03. The maximum atomic E-state index is 2.36. The zero-order chi connectivity index (χ0) is 13.6. The van der Waals surface area contributed by atoms with Crippen molar-refractivity contribution in [3.8, 4) is 0 Å². The van der Waals surface area contributed by atoms with Gasteiger partial charge in [-0.3, -0.25) is 0 Å². The van der Waals surface area contributed by atoms with Crippen molar-refractivity contribution in [1.29, 1.82) is 0 Å². The molecule has 0 nitrogen and oxygen atoms in total. The Morgan fingerprint density at radius 2 is 1.21 bits per heavy atom. The predicted octanol–water partition coefficient (Wildman–Crippen LogP) is 4.48. The van der Waals surface area contributed by atoms with E-state index in [2.05, 4.69) is 74.5 Å². The van der Waals surface area contributed by atoms with Gasteiger partial charge in [0.05, 0.1) is 30.2 Å². The molecule has 100 valence electrons. The number of hydrogen-bond donors (Lipinski definition) is 0. The van der Waals surface area contributed by atoms with Crippen LogP contribution in [0, 0.1) is 0 Å². The van der Waals surface area contributed by atoms with Crippen LogP contribution in [0.25, 0.3) is 0 Å². The van der Waals surface area contributed by atoms with Gasteiger partial charge in [-0.15, -0.1) is 0 Å². The van der Waals surface area contributed by atoms with Crippen LogP contribution >= 0.6 is 7.26 Å². The first-order valence-electron chi connectivity index (χ1n) is 7.32. The molecule has 0 radical (unpaired) electrons. The molecule has 0 heterocycles. The van der Waals surface area contributed by atoms with Crippen LogP contribution in [-0.4, -0.2) is 12.3 Å². The Labute approximate surface area is 118 Å². The van der Waals surface area contributed by atoms with Crippen LogP contribution in [0.3, 0.4) is 0 Å². The Kier molecular flexibility index (Phi) is 5.16. The molecule has 0 saturated heterocycles. The zero-order valence-corrected chi connectivity index (χ0v) is 12.9. The van der Waals surface area contributed by atoms with Gasteiger partial charge in [0.15, 0.2) is 0 Å². The van der Waals surface area contributed by atoms with E-state index in [0.29, 0.717) is 0 Å². The van der Waals surface area contributed by atoms with Crippen LogP contribution in [0.2, 0.25) is 0 Å². The summed E-state index contributed by atoms with van der Waals surface area (Å²) in [6, 6.07) is 22.3. The van der Waals surface area contributed by atoms with E-state index in [-0.39, 0.29) is 0 Å². The Morgan fingerprint density at radius 3 is 1.58 bits per heavy atom.